The van der Waals surface area contributed by atoms with Gasteiger partial charge in [-0.25, -0.2) is 16.8 Å². The molecule has 61 heavy (non-hydrogen) atoms. The Kier molecular flexibility index (Phi) is 12.7. The molecule has 0 saturated heterocycles. The monoisotopic (exact) mass is 927 g/mol. The van der Waals surface area contributed by atoms with Crippen molar-refractivity contribution in [1.82, 2.24) is 22.7 Å². The number of aromatic nitrogens is 4. The number of hydrogen-bond acceptors (Lipinski definition) is 7. The molecule has 0 fully saturated rings. The van der Waals surface area contributed by atoms with E-state index in [1.807, 2.05) is 0 Å². The van der Waals surface area contributed by atoms with E-state index in [2.05, 4.69) is 4.98 Å². The molecule has 12 nitrogen and oxygen atoms in total. The summed E-state index contributed by atoms with van der Waals surface area (Å²) in [5.41, 5.74) is -3.34. The van der Waals surface area contributed by atoms with Crippen LogP contribution in [-0.4, -0.2) is 65.5 Å². The second-order valence-electron chi connectivity index (χ2n) is 13.2. The number of halogens is 8. The molecule has 320 valence electrons. The molecular weight excluding hydrogens is 897 g/mol. The van der Waals surface area contributed by atoms with Crippen LogP contribution in [0.25, 0.3) is 17.1 Å². The minimum atomic E-state index is -5.14. The van der Waals surface area contributed by atoms with Gasteiger partial charge in [0.05, 0.1) is 11.9 Å². The summed E-state index contributed by atoms with van der Waals surface area (Å²) >= 11 is 11.7. The van der Waals surface area contributed by atoms with E-state index in [9.17, 15) is 52.8 Å². The van der Waals surface area contributed by atoms with Crippen LogP contribution in [0.2, 0.25) is 10.0 Å². The van der Waals surface area contributed by atoms with Gasteiger partial charge in [0.2, 0.25) is 20.0 Å². The van der Waals surface area contributed by atoms with Crippen LogP contribution in [0.15, 0.2) is 148 Å². The molecule has 4 heterocycles. The highest BCUT2D eigenvalue weighted by Gasteiger charge is 2.50. The van der Waals surface area contributed by atoms with E-state index in [4.69, 9.17) is 23.2 Å². The first kappa shape index (κ1) is 45.2. The Morgan fingerprint density at radius 2 is 1.25 bits per heavy atom. The molecule has 0 radical (unpaired) electrons. The Bertz CT molecular complexity index is 2930. The van der Waals surface area contributed by atoms with Crippen molar-refractivity contribution in [1.29, 1.82) is 0 Å². The van der Waals surface area contributed by atoms with E-state index in [1.165, 1.54) is 55.7 Å². The number of benzene rings is 2. The number of pyridine rings is 4. The van der Waals surface area contributed by atoms with Crippen LogP contribution in [0.5, 0.6) is 0 Å². The molecule has 0 saturated carbocycles. The van der Waals surface area contributed by atoms with E-state index in [1.54, 1.807) is 0 Å². The predicted molar refractivity (Wildman–Crippen MR) is 212 cm³/mol. The lowest BCUT2D eigenvalue weighted by molar-refractivity contribution is -0.598. The van der Waals surface area contributed by atoms with Crippen molar-refractivity contribution in [2.24, 2.45) is 0 Å². The fraction of sp³-hybridized carbons (Fsp3) is 0.179. The first-order valence-corrected chi connectivity index (χ1v) is 21.3. The van der Waals surface area contributed by atoms with Gasteiger partial charge in [0, 0.05) is 54.4 Å². The number of alkyl halides is 6. The van der Waals surface area contributed by atoms with Crippen molar-refractivity contribution < 1.29 is 47.7 Å². The SMILES string of the molecule is CCN([C@H](c1ccc(Cl)cc1)C(F)(F)F)S(=O)(=O)c1cncc(-n2cccc(-[n+]3cc(-n4ccccc4=O)cc(S(=O)(=O)N(C)[C@H](c4ccc(Cl)cc4)C(F)(F)F)c3)c2=O)c1. The maximum Gasteiger partial charge on any atom is 0.409 e. The van der Waals surface area contributed by atoms with Gasteiger partial charge in [-0.3, -0.25) is 23.7 Å². The molecule has 0 aliphatic carbocycles. The smallest absolute Gasteiger partial charge is 0.278 e. The number of hydrogen-bond donors (Lipinski definition) is 0. The summed E-state index contributed by atoms with van der Waals surface area (Å²) in [7, 11) is -9.42. The first-order valence-electron chi connectivity index (χ1n) is 17.6. The summed E-state index contributed by atoms with van der Waals surface area (Å²) in [4.78, 5) is 29.6. The third-order valence-electron chi connectivity index (χ3n) is 9.35. The van der Waals surface area contributed by atoms with Crippen molar-refractivity contribution in [3.63, 3.8) is 0 Å². The van der Waals surface area contributed by atoms with Crippen molar-refractivity contribution in [2.45, 2.75) is 41.2 Å². The molecule has 0 aliphatic rings. The van der Waals surface area contributed by atoms with E-state index in [0.29, 0.717) is 7.05 Å². The van der Waals surface area contributed by atoms with E-state index in [0.717, 1.165) is 93.1 Å². The van der Waals surface area contributed by atoms with Crippen molar-refractivity contribution in [3.8, 4) is 17.1 Å². The summed E-state index contributed by atoms with van der Waals surface area (Å²) < 4.78 is 147. The van der Waals surface area contributed by atoms with Crippen molar-refractivity contribution >= 4 is 43.2 Å². The minimum Gasteiger partial charge on any atom is -0.278 e. The van der Waals surface area contributed by atoms with Crippen LogP contribution in [0.3, 0.4) is 0 Å². The third kappa shape index (κ3) is 9.29. The van der Waals surface area contributed by atoms with Gasteiger partial charge in [-0.2, -0.15) is 39.5 Å². The van der Waals surface area contributed by atoms with Crippen LogP contribution in [0.1, 0.15) is 30.1 Å². The molecule has 4 aromatic heterocycles. The van der Waals surface area contributed by atoms with Crippen LogP contribution < -0.4 is 15.7 Å². The zero-order valence-corrected chi connectivity index (χ0v) is 34.6. The molecule has 6 aromatic rings. The summed E-state index contributed by atoms with van der Waals surface area (Å²) in [6.07, 6.45) is -3.95. The highest BCUT2D eigenvalue weighted by Crippen LogP contribution is 2.42. The zero-order valence-electron chi connectivity index (χ0n) is 31.5. The average Bonchev–Trinajstić information content (AvgIpc) is 3.20. The van der Waals surface area contributed by atoms with Crippen molar-refractivity contribution in [2.75, 3.05) is 13.6 Å². The molecule has 2 aromatic carbocycles. The van der Waals surface area contributed by atoms with Gasteiger partial charge in [-0.15, -0.1) is 0 Å². The Morgan fingerprint density at radius 3 is 1.80 bits per heavy atom. The summed E-state index contributed by atoms with van der Waals surface area (Å²) in [5, 5.41) is 0.218. The van der Waals surface area contributed by atoms with Gasteiger partial charge in [0.25, 0.3) is 11.2 Å². The maximum absolute atomic E-state index is 14.6. The van der Waals surface area contributed by atoms with Gasteiger partial charge >= 0.3 is 17.9 Å². The van der Waals surface area contributed by atoms with Crippen LogP contribution >= 0.6 is 23.2 Å². The molecule has 0 N–H and O–H groups in total. The summed E-state index contributed by atoms with van der Waals surface area (Å²) in [6.45, 7) is 0.565. The molecule has 0 bridgehead atoms. The van der Waals surface area contributed by atoms with E-state index in [-0.39, 0.29) is 35.7 Å². The quantitative estimate of drug-likeness (QED) is 0.0936. The second-order valence-corrected chi connectivity index (χ2v) is 18.0. The molecule has 0 spiro atoms. The molecule has 0 amide bonds. The van der Waals surface area contributed by atoms with Gasteiger partial charge < -0.3 is 0 Å². The maximum atomic E-state index is 14.6. The van der Waals surface area contributed by atoms with Gasteiger partial charge in [0.15, 0.2) is 12.4 Å². The standard InChI is InChI=1S/C39H31Cl2F6N6O6S2/c1-3-53(36(39(45,46)47)26-11-15-28(41)16-12-26)61(58,59)31-19-29(21-48-22-31)52-18-6-7-33(37(52)55)50-23-30(51-17-5-4-8-34(51)54)20-32(24-50)60(56,57)49(2)35(38(42,43)44)25-9-13-27(40)14-10-25/h4-24,35-36H,3H2,1-2H3/q+1/t35-,36-/m1/s1. The lowest BCUT2D eigenvalue weighted by Gasteiger charge is -2.31. The zero-order chi connectivity index (χ0) is 44.7. The van der Waals surface area contributed by atoms with Crippen LogP contribution in [0, 0.1) is 0 Å². The summed E-state index contributed by atoms with van der Waals surface area (Å²) in [6, 6.07) is 11.7. The third-order valence-corrected chi connectivity index (χ3v) is 13.5. The van der Waals surface area contributed by atoms with Gasteiger partial charge in [0.1, 0.15) is 27.6 Å². The Morgan fingerprint density at radius 1 is 0.689 bits per heavy atom. The largest absolute Gasteiger partial charge is 0.409 e. The van der Waals surface area contributed by atoms with E-state index < -0.39 is 83.1 Å². The Labute approximate surface area is 354 Å². The molecule has 0 aliphatic heterocycles. The fourth-order valence-electron chi connectivity index (χ4n) is 6.50. The molecule has 0 unspecified atom stereocenters. The second kappa shape index (κ2) is 17.2. The van der Waals surface area contributed by atoms with Crippen LogP contribution in [-0.2, 0) is 20.0 Å². The lowest BCUT2D eigenvalue weighted by Crippen LogP contribution is -2.43. The first-order chi connectivity index (χ1) is 28.5. The highest BCUT2D eigenvalue weighted by molar-refractivity contribution is 7.89. The Balaban J connectivity index is 1.48. The van der Waals surface area contributed by atoms with Crippen LogP contribution in [0.4, 0.5) is 26.3 Å². The fourth-order valence-corrected chi connectivity index (χ4v) is 9.71. The van der Waals surface area contributed by atoms with Gasteiger partial charge in [-0.05, 0) is 59.7 Å². The molecule has 22 heteroatoms. The number of rotatable bonds is 12. The normalized spacial score (nSPS) is 13.7. The summed E-state index contributed by atoms with van der Waals surface area (Å²) in [5.74, 6) is 0. The topological polar surface area (TPSA) is 136 Å². The highest BCUT2D eigenvalue weighted by atomic mass is 35.5. The Hall–Kier alpha value is -5.38. The van der Waals surface area contributed by atoms with Crippen molar-refractivity contribution in [3.05, 3.63) is 170 Å². The number of sulfonamides is 2. The van der Waals surface area contributed by atoms with E-state index >= 15 is 0 Å². The average molecular weight is 929 g/mol. The molecule has 2 atom stereocenters. The minimum absolute atomic E-state index is 0.0875. The number of nitrogens with zero attached hydrogens (tertiary/aromatic N) is 6. The molecule has 6 rings (SSSR count). The molecular formula is C39H31Cl2F6N6O6S2+. The van der Waals surface area contributed by atoms with Gasteiger partial charge in [-0.1, -0.05) is 60.5 Å². The lowest BCUT2D eigenvalue weighted by atomic mass is 10.1. The predicted octanol–water partition coefficient (Wildman–Crippen LogP) is 7.21.